The third-order valence-electron chi connectivity index (χ3n) is 6.93. The number of benzene rings is 2. The van der Waals surface area contributed by atoms with Gasteiger partial charge in [0.25, 0.3) is 0 Å². The van der Waals surface area contributed by atoms with E-state index in [2.05, 4.69) is 79.4 Å². The summed E-state index contributed by atoms with van der Waals surface area (Å²) in [6.45, 7) is 5.65. The summed E-state index contributed by atoms with van der Waals surface area (Å²) in [4.78, 5) is 16.0. The van der Waals surface area contributed by atoms with Crippen molar-refractivity contribution in [3.63, 3.8) is 0 Å². The monoisotopic (exact) mass is 347 g/mol. The van der Waals surface area contributed by atoms with E-state index in [9.17, 15) is 4.79 Å². The number of rotatable bonds is 5. The van der Waals surface area contributed by atoms with Crippen LogP contribution in [0.25, 0.3) is 0 Å². The van der Waals surface area contributed by atoms with Crippen LogP contribution in [-0.4, -0.2) is 28.8 Å². The molecule has 2 aromatic rings. The molecule has 2 heteroatoms. The smallest absolute Gasteiger partial charge is 0.154 e. The highest BCUT2D eigenvalue weighted by Gasteiger charge is 2.55. The average Bonchev–Trinajstić information content (AvgIpc) is 2.72. The van der Waals surface area contributed by atoms with E-state index in [0.29, 0.717) is 5.78 Å². The molecule has 3 atom stereocenters. The van der Waals surface area contributed by atoms with Crippen LogP contribution in [0, 0.1) is 5.92 Å². The van der Waals surface area contributed by atoms with Crippen LogP contribution in [-0.2, 0) is 4.79 Å². The molecular weight excluding hydrogens is 318 g/mol. The Morgan fingerprint density at radius 3 is 2.00 bits per heavy atom. The Morgan fingerprint density at radius 1 is 0.962 bits per heavy atom. The van der Waals surface area contributed by atoms with Gasteiger partial charge >= 0.3 is 0 Å². The Kier molecular flexibility index (Phi) is 4.71. The minimum Gasteiger partial charge on any atom is -0.298 e. The van der Waals surface area contributed by atoms with Crippen molar-refractivity contribution >= 4 is 5.78 Å². The second-order valence-corrected chi connectivity index (χ2v) is 7.96. The molecule has 2 bridgehead atoms. The normalized spacial score (nSPS) is 27.0. The van der Waals surface area contributed by atoms with Crippen molar-refractivity contribution in [2.75, 3.05) is 6.54 Å². The van der Waals surface area contributed by atoms with Crippen LogP contribution in [0.2, 0.25) is 0 Å². The van der Waals surface area contributed by atoms with Crippen LogP contribution < -0.4 is 0 Å². The van der Waals surface area contributed by atoms with Gasteiger partial charge in [0.15, 0.2) is 5.78 Å². The molecule has 3 aliphatic rings. The zero-order valence-electron chi connectivity index (χ0n) is 15.9. The third-order valence-corrected chi connectivity index (χ3v) is 6.93. The number of hydrogen-bond donors (Lipinski definition) is 0. The van der Waals surface area contributed by atoms with E-state index in [1.165, 1.54) is 11.1 Å². The fourth-order valence-corrected chi connectivity index (χ4v) is 5.45. The summed E-state index contributed by atoms with van der Waals surface area (Å²) in [7, 11) is 0. The molecule has 0 aromatic heterocycles. The lowest BCUT2D eigenvalue weighted by atomic mass is 9.64. The highest BCUT2D eigenvalue weighted by molar-refractivity contribution is 5.90. The van der Waals surface area contributed by atoms with Gasteiger partial charge in [0.2, 0.25) is 0 Å². The Bertz CT molecular complexity index is 711. The van der Waals surface area contributed by atoms with Gasteiger partial charge in [-0.2, -0.15) is 0 Å². The molecule has 136 valence electrons. The van der Waals surface area contributed by atoms with Crippen LogP contribution in [0.4, 0.5) is 0 Å². The standard InChI is InChI=1S/C24H29NO/c1-3-24(4-2)17-20-15-16-25(24)22(23(20)26)21(18-11-7-5-8-12-18)19-13-9-6-10-14-19/h5-14,20-22H,3-4,15-17H2,1-2H3. The molecule has 0 saturated carbocycles. The van der Waals surface area contributed by atoms with Crippen molar-refractivity contribution in [2.45, 2.75) is 57.0 Å². The molecule has 0 amide bonds. The summed E-state index contributed by atoms with van der Waals surface area (Å²) < 4.78 is 0. The highest BCUT2D eigenvalue weighted by atomic mass is 16.1. The van der Waals surface area contributed by atoms with Crippen molar-refractivity contribution in [1.29, 1.82) is 0 Å². The number of hydrogen-bond acceptors (Lipinski definition) is 2. The predicted molar refractivity (Wildman–Crippen MR) is 106 cm³/mol. The SMILES string of the molecule is CCC1(CC)CC2CCN1C(C(c1ccccc1)c1ccccc1)C2=O. The summed E-state index contributed by atoms with van der Waals surface area (Å²) in [6, 6.07) is 21.2. The first-order chi connectivity index (χ1) is 12.7. The topological polar surface area (TPSA) is 20.3 Å². The zero-order chi connectivity index (χ0) is 18.1. The van der Waals surface area contributed by atoms with Gasteiger partial charge in [-0.25, -0.2) is 0 Å². The van der Waals surface area contributed by atoms with E-state index < -0.39 is 0 Å². The van der Waals surface area contributed by atoms with Gasteiger partial charge in [-0.1, -0.05) is 74.5 Å². The number of carbonyl (C=O) groups is 1. The van der Waals surface area contributed by atoms with Gasteiger partial charge in [-0.05, 0) is 36.8 Å². The molecule has 3 aliphatic heterocycles. The molecule has 2 nitrogen and oxygen atoms in total. The largest absolute Gasteiger partial charge is 0.298 e. The molecule has 3 unspecified atom stereocenters. The number of nitrogens with zero attached hydrogens (tertiary/aromatic N) is 1. The number of carbonyl (C=O) groups excluding carboxylic acids is 1. The Hall–Kier alpha value is -1.93. The minimum atomic E-state index is -0.0350. The molecule has 0 N–H and O–H groups in total. The molecule has 5 rings (SSSR count). The Labute approximate surface area is 157 Å². The van der Waals surface area contributed by atoms with Crippen LogP contribution >= 0.6 is 0 Å². The number of piperidine rings is 3. The lowest BCUT2D eigenvalue weighted by Gasteiger charge is -2.58. The van der Waals surface area contributed by atoms with Crippen molar-refractivity contribution in [3.8, 4) is 0 Å². The fourth-order valence-electron chi connectivity index (χ4n) is 5.45. The summed E-state index contributed by atoms with van der Waals surface area (Å²) in [5.41, 5.74) is 2.69. The van der Waals surface area contributed by atoms with E-state index >= 15 is 0 Å². The highest BCUT2D eigenvalue weighted by Crippen LogP contribution is 2.48. The molecule has 3 saturated heterocycles. The van der Waals surface area contributed by atoms with Crippen LogP contribution in [0.15, 0.2) is 60.7 Å². The summed E-state index contributed by atoms with van der Waals surface area (Å²) in [5.74, 6) is 0.816. The molecule has 26 heavy (non-hydrogen) atoms. The molecule has 3 heterocycles. The van der Waals surface area contributed by atoms with E-state index in [1.807, 2.05) is 0 Å². The maximum Gasteiger partial charge on any atom is 0.154 e. The molecule has 0 spiro atoms. The summed E-state index contributed by atoms with van der Waals surface area (Å²) >= 11 is 0. The lowest BCUT2D eigenvalue weighted by Crippen LogP contribution is -2.68. The first kappa shape index (κ1) is 17.5. The maximum atomic E-state index is 13.5. The maximum absolute atomic E-state index is 13.5. The van der Waals surface area contributed by atoms with Gasteiger partial charge < -0.3 is 0 Å². The van der Waals surface area contributed by atoms with Crippen molar-refractivity contribution in [3.05, 3.63) is 71.8 Å². The molecular formula is C24H29NO. The van der Waals surface area contributed by atoms with Crippen molar-refractivity contribution in [2.24, 2.45) is 5.92 Å². The first-order valence-corrected chi connectivity index (χ1v) is 10.1. The summed E-state index contributed by atoms with van der Waals surface area (Å²) in [5, 5.41) is 0. The molecule has 2 aromatic carbocycles. The van der Waals surface area contributed by atoms with Crippen molar-refractivity contribution in [1.82, 2.24) is 4.90 Å². The predicted octanol–water partition coefficient (Wildman–Crippen LogP) is 5.04. The van der Waals surface area contributed by atoms with Crippen LogP contribution in [0.5, 0.6) is 0 Å². The Balaban J connectivity index is 1.84. The second-order valence-electron chi connectivity index (χ2n) is 7.96. The third kappa shape index (κ3) is 2.72. The number of ketones is 1. The lowest BCUT2D eigenvalue weighted by molar-refractivity contribution is -0.151. The van der Waals surface area contributed by atoms with E-state index in [4.69, 9.17) is 0 Å². The number of fused-ring (bicyclic) bond motifs is 3. The molecule has 0 radical (unpaired) electrons. The van der Waals surface area contributed by atoms with Crippen LogP contribution in [0.1, 0.15) is 56.6 Å². The first-order valence-electron chi connectivity index (χ1n) is 10.1. The van der Waals surface area contributed by atoms with Crippen LogP contribution in [0.3, 0.4) is 0 Å². The van der Waals surface area contributed by atoms with Gasteiger partial charge in [-0.15, -0.1) is 0 Å². The number of Topliss-reactive ketones (excluding diaryl/α,β-unsaturated/α-hetero) is 1. The summed E-state index contributed by atoms with van der Waals surface area (Å²) in [6.07, 6.45) is 4.33. The van der Waals surface area contributed by atoms with Gasteiger partial charge in [0.05, 0.1) is 6.04 Å². The molecule has 3 fully saturated rings. The van der Waals surface area contributed by atoms with Gasteiger partial charge in [0, 0.05) is 23.9 Å². The molecule has 0 aliphatic carbocycles. The van der Waals surface area contributed by atoms with Gasteiger partial charge in [-0.3, -0.25) is 9.69 Å². The Morgan fingerprint density at radius 2 is 1.50 bits per heavy atom. The second kappa shape index (κ2) is 7.00. The van der Waals surface area contributed by atoms with Crippen molar-refractivity contribution < 1.29 is 4.79 Å². The zero-order valence-corrected chi connectivity index (χ0v) is 15.9. The van der Waals surface area contributed by atoms with E-state index in [1.54, 1.807) is 0 Å². The fraction of sp³-hybridized carbons (Fsp3) is 0.458. The van der Waals surface area contributed by atoms with E-state index in [0.717, 1.165) is 32.2 Å². The van der Waals surface area contributed by atoms with E-state index in [-0.39, 0.29) is 23.4 Å². The minimum absolute atomic E-state index is 0.0350. The van der Waals surface area contributed by atoms with Gasteiger partial charge in [0.1, 0.15) is 0 Å². The quantitative estimate of drug-likeness (QED) is 0.755. The average molecular weight is 348 g/mol.